The zero-order chi connectivity index (χ0) is 13.5. The monoisotopic (exact) mass is 254 g/mol. The van der Waals surface area contributed by atoms with Crippen molar-refractivity contribution < 1.29 is 9.53 Å². The third kappa shape index (κ3) is 3.48. The number of hydrogen-bond donors (Lipinski definition) is 0. The zero-order valence-electron chi connectivity index (χ0n) is 10.5. The van der Waals surface area contributed by atoms with Crippen LogP contribution in [0.1, 0.15) is 21.7 Å². The average Bonchev–Trinajstić information content (AvgIpc) is 2.47. The SMILES string of the molecule is C=CCc1ccccc1OCc1ncc(C=O)cn1. The first-order valence-corrected chi connectivity index (χ1v) is 5.91. The first kappa shape index (κ1) is 13.0. The van der Waals surface area contributed by atoms with E-state index in [4.69, 9.17) is 4.74 Å². The van der Waals surface area contributed by atoms with Crippen molar-refractivity contribution in [3.63, 3.8) is 0 Å². The van der Waals surface area contributed by atoms with Crippen LogP contribution in [0.2, 0.25) is 0 Å². The summed E-state index contributed by atoms with van der Waals surface area (Å²) in [6.07, 6.45) is 6.26. The smallest absolute Gasteiger partial charge is 0.166 e. The van der Waals surface area contributed by atoms with Gasteiger partial charge in [-0.25, -0.2) is 9.97 Å². The molecule has 0 aliphatic heterocycles. The second kappa shape index (κ2) is 6.44. The van der Waals surface area contributed by atoms with E-state index in [1.54, 1.807) is 0 Å². The molecule has 0 spiro atoms. The van der Waals surface area contributed by atoms with E-state index in [-0.39, 0.29) is 6.61 Å². The van der Waals surface area contributed by atoms with Gasteiger partial charge in [0.2, 0.25) is 0 Å². The Morgan fingerprint density at radius 3 is 2.63 bits per heavy atom. The van der Waals surface area contributed by atoms with E-state index in [9.17, 15) is 4.79 Å². The Bertz CT molecular complexity index is 565. The van der Waals surface area contributed by atoms with Gasteiger partial charge >= 0.3 is 0 Å². The van der Waals surface area contributed by atoms with Gasteiger partial charge in [-0.15, -0.1) is 6.58 Å². The van der Waals surface area contributed by atoms with Crippen LogP contribution in [0.15, 0.2) is 49.3 Å². The van der Waals surface area contributed by atoms with Crippen molar-refractivity contribution in [2.75, 3.05) is 0 Å². The third-order valence-electron chi connectivity index (χ3n) is 2.56. The van der Waals surface area contributed by atoms with Gasteiger partial charge in [-0.3, -0.25) is 4.79 Å². The molecule has 0 aliphatic carbocycles. The number of benzene rings is 1. The maximum Gasteiger partial charge on any atom is 0.166 e. The maximum atomic E-state index is 10.5. The van der Waals surface area contributed by atoms with Crippen molar-refractivity contribution in [1.29, 1.82) is 0 Å². The molecule has 2 aromatic rings. The highest BCUT2D eigenvalue weighted by molar-refractivity contribution is 5.73. The molecule has 0 aliphatic rings. The van der Waals surface area contributed by atoms with Gasteiger partial charge in [0.1, 0.15) is 12.4 Å². The minimum atomic E-state index is 0.271. The van der Waals surface area contributed by atoms with E-state index in [0.717, 1.165) is 17.7 Å². The molecule has 1 aromatic carbocycles. The number of ether oxygens (including phenoxy) is 1. The van der Waals surface area contributed by atoms with Crippen molar-refractivity contribution in [3.8, 4) is 5.75 Å². The molecule has 0 amide bonds. The van der Waals surface area contributed by atoms with Crippen LogP contribution >= 0.6 is 0 Å². The van der Waals surface area contributed by atoms with Crippen LogP contribution in [0.5, 0.6) is 5.75 Å². The molecular weight excluding hydrogens is 240 g/mol. The third-order valence-corrected chi connectivity index (χ3v) is 2.56. The second-order valence-electron chi connectivity index (χ2n) is 3.94. The molecule has 0 radical (unpaired) electrons. The first-order valence-electron chi connectivity index (χ1n) is 5.91. The number of allylic oxidation sites excluding steroid dienone is 1. The Morgan fingerprint density at radius 1 is 1.21 bits per heavy atom. The van der Waals surface area contributed by atoms with Gasteiger partial charge in [-0.05, 0) is 18.1 Å². The molecule has 0 saturated carbocycles. The molecule has 0 bridgehead atoms. The molecular formula is C15H14N2O2. The van der Waals surface area contributed by atoms with E-state index in [1.807, 2.05) is 30.3 Å². The molecule has 0 atom stereocenters. The molecule has 4 heteroatoms. The highest BCUT2D eigenvalue weighted by atomic mass is 16.5. The van der Waals surface area contributed by atoms with E-state index < -0.39 is 0 Å². The number of carbonyl (C=O) groups is 1. The van der Waals surface area contributed by atoms with Gasteiger partial charge in [-0.2, -0.15) is 0 Å². The highest BCUT2D eigenvalue weighted by Crippen LogP contribution is 2.19. The lowest BCUT2D eigenvalue weighted by molar-refractivity contribution is 0.112. The van der Waals surface area contributed by atoms with E-state index in [0.29, 0.717) is 17.7 Å². The standard InChI is InChI=1S/C15H14N2O2/c1-2-5-13-6-3-4-7-14(13)19-11-15-16-8-12(10-18)9-17-15/h2-4,6-10H,1,5,11H2. The summed E-state index contributed by atoms with van der Waals surface area (Å²) >= 11 is 0. The minimum absolute atomic E-state index is 0.271. The summed E-state index contributed by atoms with van der Waals surface area (Å²) in [5.41, 5.74) is 1.53. The quantitative estimate of drug-likeness (QED) is 0.587. The first-order chi connectivity index (χ1) is 9.33. The molecule has 1 heterocycles. The predicted molar refractivity (Wildman–Crippen MR) is 72.1 cm³/mol. The largest absolute Gasteiger partial charge is 0.485 e. The van der Waals surface area contributed by atoms with Crippen LogP contribution in [-0.4, -0.2) is 16.3 Å². The molecule has 0 fully saturated rings. The van der Waals surface area contributed by atoms with Gasteiger partial charge in [-0.1, -0.05) is 24.3 Å². The topological polar surface area (TPSA) is 52.1 Å². The number of carbonyl (C=O) groups excluding carboxylic acids is 1. The molecule has 2 rings (SSSR count). The lowest BCUT2D eigenvalue weighted by Crippen LogP contribution is -2.03. The molecule has 1 aromatic heterocycles. The number of para-hydroxylation sites is 1. The summed E-state index contributed by atoms with van der Waals surface area (Å²) in [7, 11) is 0. The fraction of sp³-hybridized carbons (Fsp3) is 0.133. The zero-order valence-corrected chi connectivity index (χ0v) is 10.5. The summed E-state index contributed by atoms with van der Waals surface area (Å²) < 4.78 is 5.69. The molecule has 96 valence electrons. The molecule has 0 saturated heterocycles. The van der Waals surface area contributed by atoms with Crippen LogP contribution in [0.25, 0.3) is 0 Å². The Balaban J connectivity index is 2.05. The van der Waals surface area contributed by atoms with Crippen LogP contribution < -0.4 is 4.74 Å². The van der Waals surface area contributed by atoms with E-state index >= 15 is 0 Å². The fourth-order valence-corrected chi connectivity index (χ4v) is 1.61. The lowest BCUT2D eigenvalue weighted by atomic mass is 10.1. The number of aldehydes is 1. The van der Waals surface area contributed by atoms with Crippen molar-refractivity contribution >= 4 is 6.29 Å². The number of hydrogen-bond acceptors (Lipinski definition) is 4. The predicted octanol–water partition coefficient (Wildman–Crippen LogP) is 2.60. The Labute approximate surface area is 111 Å². The summed E-state index contributed by atoms with van der Waals surface area (Å²) in [5.74, 6) is 1.34. The second-order valence-corrected chi connectivity index (χ2v) is 3.94. The summed E-state index contributed by atoms with van der Waals surface area (Å²) in [4.78, 5) is 18.6. The van der Waals surface area contributed by atoms with E-state index in [2.05, 4.69) is 16.5 Å². The van der Waals surface area contributed by atoms with Crippen LogP contribution in [0, 0.1) is 0 Å². The molecule has 4 nitrogen and oxygen atoms in total. The van der Waals surface area contributed by atoms with Gasteiger partial charge in [0, 0.05) is 12.4 Å². The van der Waals surface area contributed by atoms with E-state index in [1.165, 1.54) is 12.4 Å². The minimum Gasteiger partial charge on any atom is -0.485 e. The van der Waals surface area contributed by atoms with Crippen molar-refractivity contribution in [1.82, 2.24) is 9.97 Å². The number of aromatic nitrogens is 2. The molecule has 0 N–H and O–H groups in total. The van der Waals surface area contributed by atoms with Crippen LogP contribution in [0.4, 0.5) is 0 Å². The van der Waals surface area contributed by atoms with Crippen molar-refractivity contribution in [2.24, 2.45) is 0 Å². The molecule has 0 unspecified atom stereocenters. The Hall–Kier alpha value is -2.49. The van der Waals surface area contributed by atoms with Crippen molar-refractivity contribution in [2.45, 2.75) is 13.0 Å². The summed E-state index contributed by atoms with van der Waals surface area (Å²) in [5, 5.41) is 0. The highest BCUT2D eigenvalue weighted by Gasteiger charge is 2.03. The van der Waals surface area contributed by atoms with Gasteiger partial charge in [0.15, 0.2) is 12.1 Å². The van der Waals surface area contributed by atoms with Crippen LogP contribution in [0.3, 0.4) is 0 Å². The van der Waals surface area contributed by atoms with Crippen molar-refractivity contribution in [3.05, 3.63) is 66.3 Å². The van der Waals surface area contributed by atoms with Gasteiger partial charge in [0.25, 0.3) is 0 Å². The fourth-order valence-electron chi connectivity index (χ4n) is 1.61. The van der Waals surface area contributed by atoms with Crippen LogP contribution in [-0.2, 0) is 13.0 Å². The normalized spacial score (nSPS) is 9.89. The summed E-state index contributed by atoms with van der Waals surface area (Å²) in [6, 6.07) is 7.77. The number of nitrogens with zero attached hydrogens (tertiary/aromatic N) is 2. The van der Waals surface area contributed by atoms with Gasteiger partial charge < -0.3 is 4.74 Å². The Kier molecular flexibility index (Phi) is 4.39. The summed E-state index contributed by atoms with van der Waals surface area (Å²) in [6.45, 7) is 3.99. The Morgan fingerprint density at radius 2 is 1.95 bits per heavy atom. The maximum absolute atomic E-state index is 10.5. The number of rotatable bonds is 6. The average molecular weight is 254 g/mol. The molecule has 19 heavy (non-hydrogen) atoms. The lowest BCUT2D eigenvalue weighted by Gasteiger charge is -2.09. The van der Waals surface area contributed by atoms with Gasteiger partial charge in [0.05, 0.1) is 5.56 Å².